The van der Waals surface area contributed by atoms with Crippen LogP contribution in [0.4, 0.5) is 0 Å². The molecule has 0 amide bonds. The first-order valence-corrected chi connectivity index (χ1v) is 21.6. The summed E-state index contributed by atoms with van der Waals surface area (Å²) >= 11 is 0. The van der Waals surface area contributed by atoms with E-state index in [1.54, 1.807) is 0 Å². The number of esters is 2. The van der Waals surface area contributed by atoms with Crippen molar-refractivity contribution in [1.29, 1.82) is 0 Å². The van der Waals surface area contributed by atoms with E-state index in [0.29, 0.717) is 12.8 Å². The topological polar surface area (TPSA) is 149 Å². The van der Waals surface area contributed by atoms with E-state index >= 15 is 0 Å². The van der Waals surface area contributed by atoms with Crippen LogP contribution in [0.3, 0.4) is 0 Å². The van der Waals surface area contributed by atoms with E-state index < -0.39 is 51.8 Å². The van der Waals surface area contributed by atoms with Gasteiger partial charge in [0.05, 0.1) is 19.8 Å². The fourth-order valence-corrected chi connectivity index (χ4v) is 5.83. The first-order chi connectivity index (χ1) is 25.2. The molecule has 0 rings (SSSR count). The lowest BCUT2D eigenvalue weighted by molar-refractivity contribution is -0.161. The van der Waals surface area contributed by atoms with E-state index in [4.69, 9.17) is 19.1 Å². The van der Waals surface area contributed by atoms with Crippen LogP contribution in [0.1, 0.15) is 162 Å². The lowest BCUT2D eigenvalue weighted by Gasteiger charge is -2.20. The molecule has 0 aromatic carbocycles. The molecule has 0 aliphatic heterocycles. The minimum Gasteiger partial charge on any atom is -0.462 e. The Bertz CT molecular complexity index is 1010. The number of allylic oxidation sites excluding steroid dienone is 8. The summed E-state index contributed by atoms with van der Waals surface area (Å²) in [5, 5.41) is 18.3. The van der Waals surface area contributed by atoms with Gasteiger partial charge in [-0.25, -0.2) is 4.57 Å². The van der Waals surface area contributed by atoms with Crippen LogP contribution in [0.25, 0.3) is 0 Å². The van der Waals surface area contributed by atoms with Crippen molar-refractivity contribution in [1.82, 2.24) is 0 Å². The smallest absolute Gasteiger partial charge is 0.462 e. The van der Waals surface area contributed by atoms with Crippen molar-refractivity contribution in [2.75, 3.05) is 26.4 Å². The van der Waals surface area contributed by atoms with E-state index in [1.165, 1.54) is 32.1 Å². The summed E-state index contributed by atoms with van der Waals surface area (Å²) in [7, 11) is -4.62. The summed E-state index contributed by atoms with van der Waals surface area (Å²) in [6, 6.07) is 0. The summed E-state index contributed by atoms with van der Waals surface area (Å²) in [5.41, 5.74) is 0. The number of phosphoric acid groups is 1. The Hall–Kier alpha value is -2.07. The monoisotopic (exact) mass is 756 g/mol. The van der Waals surface area contributed by atoms with Gasteiger partial charge in [-0.3, -0.25) is 18.6 Å². The van der Waals surface area contributed by atoms with E-state index in [0.717, 1.165) is 89.9 Å². The molecular weight excluding hydrogens is 683 g/mol. The Morgan fingerprint density at radius 2 is 1.02 bits per heavy atom. The summed E-state index contributed by atoms with van der Waals surface area (Å²) in [4.78, 5) is 34.9. The number of hydrogen-bond acceptors (Lipinski definition) is 9. The Morgan fingerprint density at radius 3 is 1.54 bits per heavy atom. The molecule has 0 spiro atoms. The quantitative estimate of drug-likeness (QED) is 0.0242. The second-order valence-electron chi connectivity index (χ2n) is 13.3. The highest BCUT2D eigenvalue weighted by molar-refractivity contribution is 7.47. The SMILES string of the molecule is CCCC/C=C/C/C=C/CCCCCCCC(=O)O[C@H](COC(=O)CCCCCCC/C=C/C/C=C/CCCCC)COP(=O)(O)OC[C@@H](O)CO. The van der Waals surface area contributed by atoms with Crippen LogP contribution < -0.4 is 0 Å². The molecule has 0 aliphatic carbocycles. The van der Waals surface area contributed by atoms with Gasteiger partial charge < -0.3 is 24.6 Å². The molecule has 0 heterocycles. The second kappa shape index (κ2) is 37.3. The zero-order valence-electron chi connectivity index (χ0n) is 32.5. The molecule has 52 heavy (non-hydrogen) atoms. The summed E-state index contributed by atoms with van der Waals surface area (Å²) < 4.78 is 32.6. The van der Waals surface area contributed by atoms with Gasteiger partial charge in [-0.1, -0.05) is 127 Å². The number of aliphatic hydroxyl groups excluding tert-OH is 2. The van der Waals surface area contributed by atoms with Gasteiger partial charge in [-0.05, 0) is 70.6 Å². The van der Waals surface area contributed by atoms with Crippen molar-refractivity contribution >= 4 is 19.8 Å². The molecule has 0 aliphatic rings. The first-order valence-electron chi connectivity index (χ1n) is 20.1. The zero-order valence-corrected chi connectivity index (χ0v) is 33.4. The third-order valence-electron chi connectivity index (χ3n) is 8.21. The van der Waals surface area contributed by atoms with Gasteiger partial charge in [0.15, 0.2) is 6.10 Å². The first kappa shape index (κ1) is 49.9. The molecule has 3 atom stereocenters. The highest BCUT2D eigenvalue weighted by Gasteiger charge is 2.27. The van der Waals surface area contributed by atoms with Crippen LogP contribution in [0, 0.1) is 0 Å². The number of aliphatic hydroxyl groups is 2. The number of ether oxygens (including phenoxy) is 2. The van der Waals surface area contributed by atoms with E-state index in [9.17, 15) is 24.2 Å². The molecule has 0 bridgehead atoms. The zero-order chi connectivity index (χ0) is 38.4. The van der Waals surface area contributed by atoms with Gasteiger partial charge in [-0.2, -0.15) is 0 Å². The number of carbonyl (C=O) groups excluding carboxylic acids is 2. The van der Waals surface area contributed by atoms with Crippen LogP contribution in [0.2, 0.25) is 0 Å². The van der Waals surface area contributed by atoms with Gasteiger partial charge in [-0.15, -0.1) is 0 Å². The number of hydrogen-bond donors (Lipinski definition) is 3. The Labute approximate surface area is 315 Å². The van der Waals surface area contributed by atoms with Crippen molar-refractivity contribution in [2.24, 2.45) is 0 Å². The third kappa shape index (κ3) is 36.3. The minimum absolute atomic E-state index is 0.163. The molecule has 0 aromatic rings. The fraction of sp³-hybridized carbons (Fsp3) is 0.756. The van der Waals surface area contributed by atoms with Crippen molar-refractivity contribution in [3.05, 3.63) is 48.6 Å². The molecule has 1 unspecified atom stereocenters. The molecule has 3 N–H and O–H groups in total. The average Bonchev–Trinajstić information content (AvgIpc) is 3.13. The summed E-state index contributed by atoms with van der Waals surface area (Å²) in [6.45, 7) is 2.26. The minimum atomic E-state index is -4.62. The molecule has 10 nitrogen and oxygen atoms in total. The van der Waals surface area contributed by atoms with Crippen LogP contribution in [0.5, 0.6) is 0 Å². The standard InChI is InChI=1S/C41H73O10P/c1-3-5-7-9-11-13-15-17-19-21-22-24-26-28-30-32-40(44)48-36-39(37-50-52(46,47)49-35-38(43)34-42)51-41(45)33-31-29-27-25-23-20-18-16-14-12-10-8-6-4-2/h10-13,16-19,38-39,42-43H,3-9,14-15,20-37H2,1-2H3,(H,46,47)/b12-10+,13-11+,18-16+,19-17+/t38-,39+/m0/s1. The van der Waals surface area contributed by atoms with Crippen molar-refractivity contribution in [3.63, 3.8) is 0 Å². The molecule has 0 fully saturated rings. The van der Waals surface area contributed by atoms with E-state index in [1.807, 2.05) is 0 Å². The maximum atomic E-state index is 12.6. The number of phosphoric ester groups is 1. The fourth-order valence-electron chi connectivity index (χ4n) is 5.04. The predicted molar refractivity (Wildman–Crippen MR) is 210 cm³/mol. The molecule has 0 radical (unpaired) electrons. The molecular formula is C41H73O10P. The Balaban J connectivity index is 4.40. The molecule has 0 saturated carbocycles. The van der Waals surface area contributed by atoms with Gasteiger partial charge in [0.1, 0.15) is 12.7 Å². The van der Waals surface area contributed by atoms with Crippen molar-refractivity contribution in [3.8, 4) is 0 Å². The molecule has 0 aromatic heterocycles. The maximum absolute atomic E-state index is 12.6. The number of unbranched alkanes of at least 4 members (excludes halogenated alkanes) is 15. The van der Waals surface area contributed by atoms with Crippen molar-refractivity contribution in [2.45, 2.75) is 174 Å². The maximum Gasteiger partial charge on any atom is 0.472 e. The Morgan fingerprint density at radius 1 is 0.577 bits per heavy atom. The third-order valence-corrected chi connectivity index (χ3v) is 9.16. The van der Waals surface area contributed by atoms with Crippen LogP contribution in [0.15, 0.2) is 48.6 Å². The highest BCUT2D eigenvalue weighted by Crippen LogP contribution is 2.43. The lowest BCUT2D eigenvalue weighted by Crippen LogP contribution is -2.29. The van der Waals surface area contributed by atoms with E-state index in [2.05, 4.69) is 67.0 Å². The predicted octanol–water partition coefficient (Wildman–Crippen LogP) is 10.2. The van der Waals surface area contributed by atoms with E-state index in [-0.39, 0.29) is 19.4 Å². The summed E-state index contributed by atoms with van der Waals surface area (Å²) in [5.74, 6) is -0.961. The largest absolute Gasteiger partial charge is 0.472 e. The number of rotatable bonds is 37. The van der Waals surface area contributed by atoms with Crippen LogP contribution in [-0.2, 0) is 32.7 Å². The van der Waals surface area contributed by atoms with Crippen LogP contribution in [-0.4, -0.2) is 65.7 Å². The average molecular weight is 757 g/mol. The summed E-state index contributed by atoms with van der Waals surface area (Å²) in [6.07, 6.45) is 37.9. The molecule has 11 heteroatoms. The van der Waals surface area contributed by atoms with Gasteiger partial charge in [0.2, 0.25) is 0 Å². The Kier molecular flexibility index (Phi) is 35.8. The van der Waals surface area contributed by atoms with Gasteiger partial charge in [0.25, 0.3) is 0 Å². The molecule has 302 valence electrons. The molecule has 0 saturated heterocycles. The lowest BCUT2D eigenvalue weighted by atomic mass is 10.1. The highest BCUT2D eigenvalue weighted by atomic mass is 31.2. The van der Waals surface area contributed by atoms with Crippen LogP contribution >= 0.6 is 7.82 Å². The normalized spacial score (nSPS) is 14.5. The van der Waals surface area contributed by atoms with Gasteiger partial charge >= 0.3 is 19.8 Å². The van der Waals surface area contributed by atoms with Gasteiger partial charge in [0, 0.05) is 12.8 Å². The second-order valence-corrected chi connectivity index (χ2v) is 14.8. The number of carbonyl (C=O) groups is 2. The van der Waals surface area contributed by atoms with Crippen molar-refractivity contribution < 1.29 is 47.8 Å².